The summed E-state index contributed by atoms with van der Waals surface area (Å²) in [6.07, 6.45) is 4.72. The molecule has 160 valence electrons. The van der Waals surface area contributed by atoms with Crippen molar-refractivity contribution in [1.82, 2.24) is 14.9 Å². The topological polar surface area (TPSA) is 105 Å². The molecule has 0 bridgehead atoms. The monoisotopic (exact) mass is 406 g/mol. The van der Waals surface area contributed by atoms with Crippen molar-refractivity contribution in [2.75, 3.05) is 56.7 Å². The summed E-state index contributed by atoms with van der Waals surface area (Å²) >= 11 is 0. The van der Waals surface area contributed by atoms with Crippen LogP contribution in [-0.2, 0) is 9.53 Å². The molecule has 1 atom stereocenters. The van der Waals surface area contributed by atoms with E-state index in [0.717, 1.165) is 38.8 Å². The van der Waals surface area contributed by atoms with Gasteiger partial charge in [-0.25, -0.2) is 9.97 Å². The highest BCUT2D eigenvalue weighted by Gasteiger charge is 2.35. The van der Waals surface area contributed by atoms with Gasteiger partial charge in [0.05, 0.1) is 17.4 Å². The SMILES string of the molecule is CCOC(=O)C1CCCN(c2ncnc(N(C)C3CCN(C)CC3)c2[N+](=O)[O-])C1. The number of anilines is 2. The zero-order valence-corrected chi connectivity index (χ0v) is 17.4. The molecule has 3 rings (SSSR count). The molecule has 0 aliphatic carbocycles. The largest absolute Gasteiger partial charge is 0.466 e. The van der Waals surface area contributed by atoms with Crippen LogP contribution in [-0.4, -0.2) is 78.7 Å². The smallest absolute Gasteiger partial charge is 0.353 e. The Kier molecular flexibility index (Phi) is 6.83. The first-order valence-corrected chi connectivity index (χ1v) is 10.2. The van der Waals surface area contributed by atoms with Crippen LogP contribution in [0.2, 0.25) is 0 Å². The number of carbonyl (C=O) groups excluding carboxylic acids is 1. The van der Waals surface area contributed by atoms with Gasteiger partial charge in [-0.15, -0.1) is 0 Å². The Morgan fingerprint density at radius 1 is 1.31 bits per heavy atom. The molecule has 1 aromatic heterocycles. The van der Waals surface area contributed by atoms with Gasteiger partial charge in [-0.2, -0.15) is 0 Å². The number of piperidine rings is 2. The van der Waals surface area contributed by atoms with Crippen LogP contribution in [0.1, 0.15) is 32.6 Å². The molecule has 29 heavy (non-hydrogen) atoms. The minimum Gasteiger partial charge on any atom is -0.466 e. The van der Waals surface area contributed by atoms with Gasteiger partial charge in [-0.05, 0) is 52.7 Å². The van der Waals surface area contributed by atoms with Crippen molar-refractivity contribution in [3.8, 4) is 0 Å². The van der Waals surface area contributed by atoms with Gasteiger partial charge < -0.3 is 19.4 Å². The molecule has 0 amide bonds. The van der Waals surface area contributed by atoms with Crippen molar-refractivity contribution in [2.45, 2.75) is 38.6 Å². The maximum atomic E-state index is 12.2. The van der Waals surface area contributed by atoms with Crippen molar-refractivity contribution < 1.29 is 14.5 Å². The van der Waals surface area contributed by atoms with Crippen LogP contribution in [0.25, 0.3) is 0 Å². The van der Waals surface area contributed by atoms with Gasteiger partial charge in [0.15, 0.2) is 0 Å². The number of ether oxygens (including phenoxy) is 1. The van der Waals surface area contributed by atoms with Crippen molar-refractivity contribution in [2.24, 2.45) is 5.92 Å². The molecule has 0 N–H and O–H groups in total. The first-order valence-electron chi connectivity index (χ1n) is 10.2. The van der Waals surface area contributed by atoms with E-state index in [0.29, 0.717) is 25.5 Å². The molecule has 2 aliphatic rings. The molecular weight excluding hydrogens is 376 g/mol. The van der Waals surface area contributed by atoms with E-state index >= 15 is 0 Å². The van der Waals surface area contributed by atoms with Crippen LogP contribution in [0, 0.1) is 16.0 Å². The molecular formula is C19H30N6O4. The number of nitro groups is 1. The second-order valence-corrected chi connectivity index (χ2v) is 7.81. The minimum absolute atomic E-state index is 0.0848. The second kappa shape index (κ2) is 9.34. The summed E-state index contributed by atoms with van der Waals surface area (Å²) in [7, 11) is 3.95. The van der Waals surface area contributed by atoms with Crippen molar-refractivity contribution in [1.29, 1.82) is 0 Å². The maximum absolute atomic E-state index is 12.2. The summed E-state index contributed by atoms with van der Waals surface area (Å²) in [6.45, 7) is 4.99. The number of likely N-dealkylation sites (tertiary alicyclic amines) is 1. The summed E-state index contributed by atoms with van der Waals surface area (Å²) in [5, 5.41) is 12.0. The highest BCUT2D eigenvalue weighted by Crippen LogP contribution is 2.37. The van der Waals surface area contributed by atoms with Gasteiger partial charge in [-0.3, -0.25) is 14.9 Å². The first kappa shape index (κ1) is 21.2. The standard InChI is InChI=1S/C19H30N6O4/c1-4-29-19(26)14-6-5-9-24(12-14)18-16(25(27)28)17(20-13-21-18)23(3)15-7-10-22(2)11-8-15/h13-15H,4-12H2,1-3H3. The van der Waals surface area contributed by atoms with Gasteiger partial charge in [0.2, 0.25) is 11.6 Å². The fourth-order valence-corrected chi connectivity index (χ4v) is 4.19. The number of aromatic nitrogens is 2. The zero-order valence-electron chi connectivity index (χ0n) is 17.4. The molecule has 0 aromatic carbocycles. The Hall–Kier alpha value is -2.49. The van der Waals surface area contributed by atoms with Crippen molar-refractivity contribution in [3.05, 3.63) is 16.4 Å². The summed E-state index contributed by atoms with van der Waals surface area (Å²) < 4.78 is 5.15. The Balaban J connectivity index is 1.87. The second-order valence-electron chi connectivity index (χ2n) is 7.81. The Morgan fingerprint density at radius 2 is 2.03 bits per heavy atom. The van der Waals surface area contributed by atoms with E-state index < -0.39 is 4.92 Å². The fraction of sp³-hybridized carbons (Fsp3) is 0.737. The number of carbonyl (C=O) groups is 1. The number of hydrogen-bond donors (Lipinski definition) is 0. The lowest BCUT2D eigenvalue weighted by atomic mass is 9.98. The van der Waals surface area contributed by atoms with Gasteiger partial charge in [0, 0.05) is 26.2 Å². The summed E-state index contributed by atoms with van der Waals surface area (Å²) in [4.78, 5) is 38.3. The van der Waals surface area contributed by atoms with E-state index in [1.807, 2.05) is 16.8 Å². The van der Waals surface area contributed by atoms with Gasteiger partial charge in [0.25, 0.3) is 0 Å². The lowest BCUT2D eigenvalue weighted by Gasteiger charge is -2.36. The third kappa shape index (κ3) is 4.75. The highest BCUT2D eigenvalue weighted by molar-refractivity contribution is 5.75. The third-order valence-electron chi connectivity index (χ3n) is 5.88. The molecule has 10 heteroatoms. The average Bonchev–Trinajstić information content (AvgIpc) is 2.73. The van der Waals surface area contributed by atoms with E-state index in [1.54, 1.807) is 6.92 Å². The summed E-state index contributed by atoms with van der Waals surface area (Å²) in [6, 6.07) is 0.196. The lowest BCUT2D eigenvalue weighted by Crippen LogP contribution is -2.43. The third-order valence-corrected chi connectivity index (χ3v) is 5.88. The molecule has 1 aromatic rings. The lowest BCUT2D eigenvalue weighted by molar-refractivity contribution is -0.383. The number of hydrogen-bond acceptors (Lipinski definition) is 9. The van der Waals surface area contributed by atoms with Gasteiger partial charge in [0.1, 0.15) is 6.33 Å². The number of rotatable bonds is 6. The van der Waals surface area contributed by atoms with E-state index in [1.165, 1.54) is 6.33 Å². The molecule has 2 aliphatic heterocycles. The predicted octanol–water partition coefficient (Wildman–Crippen LogP) is 1.69. The Labute approximate surface area is 171 Å². The van der Waals surface area contributed by atoms with Crippen LogP contribution >= 0.6 is 0 Å². The van der Waals surface area contributed by atoms with Gasteiger partial charge >= 0.3 is 11.7 Å². The van der Waals surface area contributed by atoms with Crippen LogP contribution in [0.4, 0.5) is 17.3 Å². The van der Waals surface area contributed by atoms with Crippen LogP contribution in [0.15, 0.2) is 6.33 Å². The maximum Gasteiger partial charge on any atom is 0.353 e. The Bertz CT molecular complexity index is 737. The molecule has 0 radical (unpaired) electrons. The molecule has 0 spiro atoms. The quantitative estimate of drug-likeness (QED) is 0.396. The minimum atomic E-state index is -0.399. The summed E-state index contributed by atoms with van der Waals surface area (Å²) in [5.74, 6) is 0.0764. The number of esters is 1. The van der Waals surface area contributed by atoms with Crippen LogP contribution in [0.3, 0.4) is 0 Å². The van der Waals surface area contributed by atoms with E-state index in [-0.39, 0.29) is 29.4 Å². The zero-order chi connectivity index (χ0) is 21.0. The molecule has 2 fully saturated rings. The van der Waals surface area contributed by atoms with Crippen molar-refractivity contribution in [3.63, 3.8) is 0 Å². The van der Waals surface area contributed by atoms with Gasteiger partial charge in [-0.1, -0.05) is 0 Å². The Morgan fingerprint density at radius 3 is 2.69 bits per heavy atom. The number of nitrogens with zero attached hydrogens (tertiary/aromatic N) is 6. The molecule has 0 saturated carbocycles. The van der Waals surface area contributed by atoms with Crippen molar-refractivity contribution >= 4 is 23.3 Å². The normalized spacial score (nSPS) is 21.1. The molecule has 10 nitrogen and oxygen atoms in total. The molecule has 2 saturated heterocycles. The fourth-order valence-electron chi connectivity index (χ4n) is 4.19. The van der Waals surface area contributed by atoms with Crippen LogP contribution in [0.5, 0.6) is 0 Å². The van der Waals surface area contributed by atoms with Crippen LogP contribution < -0.4 is 9.80 Å². The molecule has 3 heterocycles. The van der Waals surface area contributed by atoms with E-state index in [4.69, 9.17) is 4.74 Å². The average molecular weight is 406 g/mol. The van der Waals surface area contributed by atoms with E-state index in [9.17, 15) is 14.9 Å². The first-order chi connectivity index (χ1) is 13.9. The highest BCUT2D eigenvalue weighted by atomic mass is 16.6. The molecule has 1 unspecified atom stereocenters. The van der Waals surface area contributed by atoms with E-state index in [2.05, 4.69) is 21.9 Å². The predicted molar refractivity (Wildman–Crippen MR) is 109 cm³/mol. The summed E-state index contributed by atoms with van der Waals surface area (Å²) in [5.41, 5.74) is -0.0848.